The number of benzene rings is 6. The molecule has 0 radical (unpaired) electrons. The number of nitrogens with two attached hydrogens (primary N) is 2. The number of ether oxygens (including phenoxy) is 1. The van der Waals surface area contributed by atoms with Gasteiger partial charge in [0, 0.05) is 55.0 Å². The lowest BCUT2D eigenvalue weighted by Crippen LogP contribution is -2.51. The highest BCUT2D eigenvalue weighted by Crippen LogP contribution is 2.60. The summed E-state index contributed by atoms with van der Waals surface area (Å²) in [7, 11) is 0. The molecule has 4 heterocycles. The van der Waals surface area contributed by atoms with Crippen LogP contribution in [0.15, 0.2) is 149 Å². The Kier molecular flexibility index (Phi) is 18.4. The number of hydrogen-bond acceptors (Lipinski definition) is 14. The molecule has 4 aliphatic heterocycles. The molecule has 85 heavy (non-hydrogen) atoms. The number of carbonyl (C=O) groups excluding carboxylic acids is 3. The van der Waals surface area contributed by atoms with E-state index in [9.17, 15) is 46.5 Å². The second-order valence-corrected chi connectivity index (χ2v) is 25.0. The molecule has 2 aliphatic carbocycles. The van der Waals surface area contributed by atoms with Gasteiger partial charge in [-0.1, -0.05) is 114 Å². The third-order valence-electron chi connectivity index (χ3n) is 16.1. The van der Waals surface area contributed by atoms with Crippen LogP contribution in [-0.2, 0) is 41.8 Å². The van der Waals surface area contributed by atoms with Gasteiger partial charge in [-0.25, -0.2) is 37.0 Å². The van der Waals surface area contributed by atoms with Gasteiger partial charge in [-0.3, -0.25) is 14.4 Å². The van der Waals surface area contributed by atoms with Gasteiger partial charge in [0.25, 0.3) is 0 Å². The molecule has 6 aliphatic rings. The minimum Gasteiger partial charge on any atom is -0.493 e. The normalized spacial score (nSPS) is 23.8. The third-order valence-corrected chi connectivity index (χ3v) is 20.7. The summed E-state index contributed by atoms with van der Waals surface area (Å²) in [5.74, 6) is -3.40. The summed E-state index contributed by atoms with van der Waals surface area (Å²) in [6.45, 7) is 5.05. The lowest BCUT2D eigenvalue weighted by Gasteiger charge is -2.45. The van der Waals surface area contributed by atoms with E-state index < -0.39 is 62.4 Å². The van der Waals surface area contributed by atoms with E-state index in [4.69, 9.17) is 16.2 Å². The highest BCUT2D eigenvalue weighted by Gasteiger charge is 2.59. The minimum absolute atomic E-state index is 0.0476. The van der Waals surface area contributed by atoms with Crippen LogP contribution in [0.4, 0.5) is 22.0 Å². The van der Waals surface area contributed by atoms with Crippen molar-refractivity contribution in [2.24, 2.45) is 44.5 Å². The molecule has 0 saturated carbocycles. The van der Waals surface area contributed by atoms with E-state index in [2.05, 4.69) is 33.5 Å². The summed E-state index contributed by atoms with van der Waals surface area (Å²) < 4.78 is 76.5. The Morgan fingerprint density at radius 3 is 1.51 bits per heavy atom. The zero-order valence-electron chi connectivity index (χ0n) is 46.8. The molecule has 6 aromatic rings. The first kappa shape index (κ1) is 61.2. The molecule has 6 aromatic carbocycles. The number of hydrogen-bond donors (Lipinski definition) is 4. The maximum absolute atomic E-state index is 14.5. The molecular formula is C63H63F5N8O6S3. The molecule has 0 aromatic heterocycles. The average Bonchev–Trinajstić information content (AvgIpc) is 2.32. The van der Waals surface area contributed by atoms with E-state index in [-0.39, 0.29) is 58.7 Å². The lowest BCUT2D eigenvalue weighted by molar-refractivity contribution is -0.135. The van der Waals surface area contributed by atoms with Gasteiger partial charge in [0.1, 0.15) is 59.7 Å². The monoisotopic (exact) mass is 1220 g/mol. The quantitative estimate of drug-likeness (QED) is 0.0952. The molecule has 12 rings (SSSR count). The van der Waals surface area contributed by atoms with Gasteiger partial charge in [0.05, 0.1) is 19.3 Å². The summed E-state index contributed by atoms with van der Waals surface area (Å²) in [5.41, 5.74) is 17.5. The molecule has 7 atom stereocenters. The first-order valence-corrected chi connectivity index (χ1v) is 30.4. The number of carbonyl (C=O) groups is 3. The van der Waals surface area contributed by atoms with Gasteiger partial charge in [-0.05, 0) is 141 Å². The Labute approximate surface area is 501 Å². The van der Waals surface area contributed by atoms with Crippen LogP contribution in [0, 0.1) is 46.8 Å². The maximum Gasteiger partial charge on any atom is 0.241 e. The van der Waals surface area contributed by atoms with Crippen LogP contribution >= 0.6 is 35.3 Å². The van der Waals surface area contributed by atoms with Crippen molar-refractivity contribution < 1.29 is 51.3 Å². The topological polar surface area (TPSA) is 200 Å². The Balaban J connectivity index is 0.000000142. The predicted octanol–water partition coefficient (Wildman–Crippen LogP) is 10.7. The van der Waals surface area contributed by atoms with Crippen molar-refractivity contribution in [3.8, 4) is 5.75 Å². The van der Waals surface area contributed by atoms with Crippen LogP contribution in [0.2, 0.25) is 0 Å². The highest BCUT2D eigenvalue weighted by molar-refractivity contribution is 8.16. The Hall–Kier alpha value is -6.92. The number of halogens is 5. The van der Waals surface area contributed by atoms with Gasteiger partial charge >= 0.3 is 0 Å². The van der Waals surface area contributed by atoms with Crippen LogP contribution < -0.4 is 16.2 Å². The number of aliphatic hydroxyl groups excluding tert-OH is 2. The van der Waals surface area contributed by atoms with Crippen molar-refractivity contribution in [1.82, 2.24) is 15.0 Å². The number of aliphatic hydroxyl groups is 2. The van der Waals surface area contributed by atoms with Gasteiger partial charge in [0.2, 0.25) is 17.7 Å². The third kappa shape index (κ3) is 11.4. The largest absolute Gasteiger partial charge is 0.493 e. The number of fused-ring (bicyclic) bond motifs is 6. The van der Waals surface area contributed by atoms with Crippen molar-refractivity contribution in [3.63, 3.8) is 0 Å². The van der Waals surface area contributed by atoms with Crippen molar-refractivity contribution in [1.29, 1.82) is 0 Å². The fourth-order valence-corrected chi connectivity index (χ4v) is 17.3. The standard InChI is InChI=1S/C21H21F2N3OS.C21H20F2N2O4S.C21H22FN3OS/c1-13(27)26-21(28-20(25-26)17-9-8-16(22)12-19(17)23)15(10-11-24)7-6-14-4-2-3-5-18(14)21;1-12(27)25-21(30-20(24-25)16-9-14(22)6-7-18(16)23)13(8-15(28)10-26)11-29-19-5-3-2-4-17(19)21;1-14(26)25-21(27-20(24-25)17-7-3-5-9-19(17)22)16(12-13-23)11-10-15-6-2-4-8-18(15)21/h2-5,8-9,12,15H,6-7,10-11,24H2,1H3;2-7,9,13,15,26,28H,8,10-11H2,1H3;2-9,16H,10-13,23H2,1H3/t15-,21-;;16-,21-/m0.0/s1. The summed E-state index contributed by atoms with van der Waals surface area (Å²) in [6.07, 6.45) is 4.22. The summed E-state index contributed by atoms with van der Waals surface area (Å²) in [6, 6.07) is 36.4. The second-order valence-electron chi connectivity index (χ2n) is 21.3. The number of aryl methyl sites for hydroxylation is 2. The van der Waals surface area contributed by atoms with Crippen molar-refractivity contribution >= 4 is 68.1 Å². The molecule has 444 valence electrons. The van der Waals surface area contributed by atoms with E-state index in [1.165, 1.54) is 78.1 Å². The number of thioether (sulfide) groups is 3. The van der Waals surface area contributed by atoms with Gasteiger partial charge in [-0.15, -0.1) is 0 Å². The number of nitrogens with zero attached hydrogens (tertiary/aromatic N) is 6. The minimum atomic E-state index is -1.13. The summed E-state index contributed by atoms with van der Waals surface area (Å²) in [4.78, 5) is 35.3. The zero-order chi connectivity index (χ0) is 60.4. The first-order valence-electron chi connectivity index (χ1n) is 27.9. The molecule has 14 nitrogen and oxygen atoms in total. The van der Waals surface area contributed by atoms with Crippen LogP contribution in [0.1, 0.15) is 97.4 Å². The van der Waals surface area contributed by atoms with E-state index in [1.54, 1.807) is 47.5 Å². The van der Waals surface area contributed by atoms with E-state index in [0.717, 1.165) is 91.2 Å². The van der Waals surface area contributed by atoms with Crippen LogP contribution in [-0.4, -0.2) is 90.5 Å². The Morgan fingerprint density at radius 1 is 0.565 bits per heavy atom. The smallest absolute Gasteiger partial charge is 0.241 e. The van der Waals surface area contributed by atoms with Gasteiger partial charge in [0.15, 0.2) is 4.87 Å². The lowest BCUT2D eigenvalue weighted by atomic mass is 9.77. The van der Waals surface area contributed by atoms with Crippen LogP contribution in [0.5, 0.6) is 5.75 Å². The van der Waals surface area contributed by atoms with Crippen molar-refractivity contribution in [2.75, 3.05) is 26.3 Å². The van der Waals surface area contributed by atoms with Crippen LogP contribution in [0.3, 0.4) is 0 Å². The Bertz CT molecular complexity index is 3640. The number of amides is 3. The number of para-hydroxylation sites is 1. The predicted molar refractivity (Wildman–Crippen MR) is 321 cm³/mol. The molecule has 22 heteroatoms. The van der Waals surface area contributed by atoms with Crippen LogP contribution in [0.25, 0.3) is 0 Å². The van der Waals surface area contributed by atoms with Gasteiger partial charge < -0.3 is 26.4 Å². The molecule has 3 spiro atoms. The number of rotatable bonds is 10. The molecule has 6 N–H and O–H groups in total. The van der Waals surface area contributed by atoms with E-state index >= 15 is 0 Å². The zero-order valence-corrected chi connectivity index (χ0v) is 49.2. The molecule has 3 unspecified atom stereocenters. The fourth-order valence-electron chi connectivity index (χ4n) is 12.4. The van der Waals surface area contributed by atoms with E-state index in [0.29, 0.717) is 40.1 Å². The molecule has 0 fully saturated rings. The fraction of sp³-hybridized carbons (Fsp3) is 0.333. The SMILES string of the molecule is CC(=O)N1N=C(c2cc(F)ccc2F)SC12c1ccccc1OCC2CC(O)CO.CC(=O)N1N=C(c2ccc(F)cc2F)S[C@@]12c1ccccc1CC[C@H]2CCN.CC(=O)N1N=C(c2ccccc2F)S[C@@]12c1ccccc1CC[C@H]2CCN. The maximum atomic E-state index is 14.5. The second kappa shape index (κ2) is 25.6. The highest BCUT2D eigenvalue weighted by atomic mass is 32.2. The molecule has 3 amide bonds. The van der Waals surface area contributed by atoms with Gasteiger partial charge in [-0.2, -0.15) is 15.3 Å². The first-order chi connectivity index (χ1) is 40.9. The molecule has 0 saturated heterocycles. The average molecular weight is 1220 g/mol. The van der Waals surface area contributed by atoms with Crippen molar-refractivity contribution in [2.45, 2.75) is 86.4 Å². The molecular weight excluding hydrogens is 1160 g/mol. The Morgan fingerprint density at radius 2 is 1.00 bits per heavy atom. The van der Waals surface area contributed by atoms with E-state index in [1.807, 2.05) is 30.3 Å². The molecule has 0 bridgehead atoms. The summed E-state index contributed by atoms with van der Waals surface area (Å²) in [5, 5.41) is 38.4. The number of hydrazone groups is 3. The summed E-state index contributed by atoms with van der Waals surface area (Å²) >= 11 is 3.98. The van der Waals surface area contributed by atoms with Crippen molar-refractivity contribution in [3.05, 3.63) is 207 Å².